The summed E-state index contributed by atoms with van der Waals surface area (Å²) < 4.78 is 5.57. The number of methoxy groups -OCH3 is 1. The van der Waals surface area contributed by atoms with Crippen LogP contribution in [0.5, 0.6) is 5.75 Å². The molecule has 0 saturated carbocycles. The summed E-state index contributed by atoms with van der Waals surface area (Å²) in [5, 5.41) is 3.69. The van der Waals surface area contributed by atoms with Gasteiger partial charge >= 0.3 is 0 Å². The second kappa shape index (κ2) is 4.71. The topological polar surface area (TPSA) is 24.5 Å². The van der Waals surface area contributed by atoms with E-state index in [9.17, 15) is 0 Å². The third kappa shape index (κ3) is 2.10. The Balaban J connectivity index is 2.01. The van der Waals surface area contributed by atoms with Crippen LogP contribution in [0.3, 0.4) is 0 Å². The highest BCUT2D eigenvalue weighted by molar-refractivity contribution is 5.62. The summed E-state index contributed by atoms with van der Waals surface area (Å²) in [5.74, 6) is 0.988. The Kier molecular flexibility index (Phi) is 3.17. The zero-order valence-electron chi connectivity index (χ0n) is 12.1. The average Bonchev–Trinajstić information content (AvgIpc) is 2.68. The van der Waals surface area contributed by atoms with Gasteiger partial charge in [-0.25, -0.2) is 0 Å². The minimum absolute atomic E-state index is 0.182. The minimum atomic E-state index is 0.182. The molecule has 0 bridgehead atoms. The van der Waals surface area contributed by atoms with Crippen molar-refractivity contribution < 1.29 is 4.74 Å². The van der Waals surface area contributed by atoms with Gasteiger partial charge in [0.05, 0.1) is 12.8 Å². The number of anilines is 1. The minimum Gasteiger partial charge on any atom is -0.495 e. The molecule has 1 N–H and O–H groups in total. The van der Waals surface area contributed by atoms with Crippen molar-refractivity contribution in [1.82, 2.24) is 5.32 Å². The molecule has 3 heteroatoms. The Bertz CT molecular complexity index is 458. The van der Waals surface area contributed by atoms with Gasteiger partial charge < -0.3 is 15.0 Å². The molecule has 0 unspecified atom stereocenters. The van der Waals surface area contributed by atoms with E-state index >= 15 is 0 Å². The summed E-state index contributed by atoms with van der Waals surface area (Å²) in [4.78, 5) is 2.59. The van der Waals surface area contributed by atoms with E-state index in [-0.39, 0.29) is 5.54 Å². The number of rotatable bonds is 2. The van der Waals surface area contributed by atoms with Gasteiger partial charge in [0.2, 0.25) is 0 Å². The van der Waals surface area contributed by atoms with Crippen molar-refractivity contribution >= 4 is 5.69 Å². The number of nitrogens with zero attached hydrogens (tertiary/aromatic N) is 1. The number of nitrogens with one attached hydrogen (secondary N) is 1. The molecule has 0 aliphatic carbocycles. The van der Waals surface area contributed by atoms with Crippen molar-refractivity contribution in [1.29, 1.82) is 0 Å². The normalized spacial score (nSPS) is 29.1. The number of fused-ring (bicyclic) bond motifs is 1. The summed E-state index contributed by atoms with van der Waals surface area (Å²) in [6.45, 7) is 5.86. The monoisotopic (exact) mass is 260 g/mol. The first-order valence-corrected chi connectivity index (χ1v) is 7.29. The summed E-state index contributed by atoms with van der Waals surface area (Å²) in [7, 11) is 1.76. The van der Waals surface area contributed by atoms with Crippen LogP contribution in [0.4, 0.5) is 5.69 Å². The maximum atomic E-state index is 5.57. The molecule has 2 aliphatic heterocycles. The van der Waals surface area contributed by atoms with Crippen LogP contribution in [0, 0.1) is 0 Å². The predicted octanol–water partition coefficient (Wildman–Crippen LogP) is 2.80. The number of para-hydroxylation sites is 2. The number of hydrogen-bond acceptors (Lipinski definition) is 3. The van der Waals surface area contributed by atoms with E-state index in [0.717, 1.165) is 12.3 Å². The largest absolute Gasteiger partial charge is 0.495 e. The highest BCUT2D eigenvalue weighted by atomic mass is 16.5. The van der Waals surface area contributed by atoms with Gasteiger partial charge in [0.25, 0.3) is 0 Å². The van der Waals surface area contributed by atoms with Gasteiger partial charge in [-0.15, -0.1) is 0 Å². The molecular weight excluding hydrogens is 236 g/mol. The molecule has 2 saturated heterocycles. The van der Waals surface area contributed by atoms with Gasteiger partial charge in [-0.2, -0.15) is 0 Å². The van der Waals surface area contributed by atoms with E-state index in [1.54, 1.807) is 7.11 Å². The number of hydrogen-bond donors (Lipinski definition) is 1. The third-order valence-electron chi connectivity index (χ3n) is 4.60. The second-order valence-corrected chi connectivity index (χ2v) is 6.33. The molecule has 2 fully saturated rings. The van der Waals surface area contributed by atoms with E-state index in [1.165, 1.54) is 24.9 Å². The Morgan fingerprint density at radius 2 is 2.11 bits per heavy atom. The predicted molar refractivity (Wildman–Crippen MR) is 79.0 cm³/mol. The fourth-order valence-electron chi connectivity index (χ4n) is 3.87. The summed E-state index contributed by atoms with van der Waals surface area (Å²) in [6, 6.07) is 9.63. The van der Waals surface area contributed by atoms with Crippen molar-refractivity contribution in [2.75, 3.05) is 18.6 Å². The molecule has 3 nitrogen and oxygen atoms in total. The molecule has 19 heavy (non-hydrogen) atoms. The average molecular weight is 260 g/mol. The Hall–Kier alpha value is -1.22. The second-order valence-electron chi connectivity index (χ2n) is 6.33. The van der Waals surface area contributed by atoms with Crippen molar-refractivity contribution in [3.8, 4) is 5.75 Å². The van der Waals surface area contributed by atoms with Crippen molar-refractivity contribution in [3.63, 3.8) is 0 Å². The van der Waals surface area contributed by atoms with Crippen LogP contribution >= 0.6 is 0 Å². The number of piperidine rings is 1. The first-order valence-electron chi connectivity index (χ1n) is 7.29. The fourth-order valence-corrected chi connectivity index (χ4v) is 3.87. The van der Waals surface area contributed by atoms with Crippen LogP contribution in [0.25, 0.3) is 0 Å². The fraction of sp³-hybridized carbons (Fsp3) is 0.625. The maximum Gasteiger partial charge on any atom is 0.142 e. The van der Waals surface area contributed by atoms with E-state index in [1.807, 2.05) is 6.07 Å². The van der Waals surface area contributed by atoms with E-state index in [0.29, 0.717) is 12.1 Å². The standard InChI is InChI=1S/C16H24N2O/c1-16(2)11-12-13(8-6-10-17-12)18(16)14-7-4-5-9-15(14)19-3/h4-5,7,9,12-13,17H,6,8,10-11H2,1-3H3/t12-,13-/m0/s1. The molecule has 0 amide bonds. The molecular formula is C16H24N2O. The van der Waals surface area contributed by atoms with E-state index < -0.39 is 0 Å². The van der Waals surface area contributed by atoms with Gasteiger partial charge in [-0.3, -0.25) is 0 Å². The van der Waals surface area contributed by atoms with Crippen LogP contribution in [0.2, 0.25) is 0 Å². The Morgan fingerprint density at radius 3 is 2.89 bits per heavy atom. The molecule has 2 heterocycles. The van der Waals surface area contributed by atoms with Gasteiger partial charge in [0.15, 0.2) is 0 Å². The maximum absolute atomic E-state index is 5.57. The zero-order chi connectivity index (χ0) is 13.5. The highest BCUT2D eigenvalue weighted by Gasteiger charge is 2.47. The molecule has 0 spiro atoms. The van der Waals surface area contributed by atoms with Crippen LogP contribution < -0.4 is 15.0 Å². The first kappa shape index (κ1) is 12.8. The van der Waals surface area contributed by atoms with Crippen LogP contribution in [0.15, 0.2) is 24.3 Å². The third-order valence-corrected chi connectivity index (χ3v) is 4.60. The molecule has 1 aromatic carbocycles. The lowest BCUT2D eigenvalue weighted by atomic mass is 9.96. The molecule has 2 aliphatic rings. The molecule has 2 atom stereocenters. The van der Waals surface area contributed by atoms with E-state index in [2.05, 4.69) is 42.3 Å². The smallest absolute Gasteiger partial charge is 0.142 e. The molecule has 104 valence electrons. The Labute approximate surface area is 115 Å². The van der Waals surface area contributed by atoms with Crippen molar-refractivity contribution in [3.05, 3.63) is 24.3 Å². The molecule has 0 radical (unpaired) electrons. The number of benzene rings is 1. The van der Waals surface area contributed by atoms with Gasteiger partial charge in [-0.1, -0.05) is 12.1 Å². The summed E-state index contributed by atoms with van der Waals surface area (Å²) in [6.07, 6.45) is 3.75. The number of ether oxygens (including phenoxy) is 1. The van der Waals surface area contributed by atoms with Crippen LogP contribution in [-0.4, -0.2) is 31.3 Å². The Morgan fingerprint density at radius 1 is 1.32 bits per heavy atom. The van der Waals surface area contributed by atoms with E-state index in [4.69, 9.17) is 4.74 Å². The highest BCUT2D eigenvalue weighted by Crippen LogP contribution is 2.44. The molecule has 1 aromatic rings. The summed E-state index contributed by atoms with van der Waals surface area (Å²) >= 11 is 0. The van der Waals surface area contributed by atoms with Crippen LogP contribution in [0.1, 0.15) is 33.1 Å². The van der Waals surface area contributed by atoms with Crippen LogP contribution in [-0.2, 0) is 0 Å². The molecule has 3 rings (SSSR count). The van der Waals surface area contributed by atoms with Crippen molar-refractivity contribution in [2.24, 2.45) is 0 Å². The van der Waals surface area contributed by atoms with Gasteiger partial charge in [0, 0.05) is 17.6 Å². The van der Waals surface area contributed by atoms with Gasteiger partial charge in [-0.05, 0) is 51.8 Å². The lowest BCUT2D eigenvalue weighted by Gasteiger charge is -2.40. The quantitative estimate of drug-likeness (QED) is 0.885. The zero-order valence-corrected chi connectivity index (χ0v) is 12.1. The van der Waals surface area contributed by atoms with Crippen molar-refractivity contribution in [2.45, 2.75) is 50.7 Å². The lowest BCUT2D eigenvalue weighted by Crippen LogP contribution is -2.49. The summed E-state index contributed by atoms with van der Waals surface area (Å²) in [5.41, 5.74) is 1.42. The first-order chi connectivity index (χ1) is 9.13. The lowest BCUT2D eigenvalue weighted by molar-refractivity contribution is 0.378. The van der Waals surface area contributed by atoms with Gasteiger partial charge in [0.1, 0.15) is 5.75 Å². The SMILES string of the molecule is COc1ccccc1N1[C@H]2CCCN[C@H]2CC1(C)C. The molecule has 0 aromatic heterocycles.